The van der Waals surface area contributed by atoms with Gasteiger partial charge in [0.25, 0.3) is 0 Å². The molecule has 1 aliphatic heterocycles. The highest BCUT2D eigenvalue weighted by molar-refractivity contribution is 7.89. The zero-order valence-corrected chi connectivity index (χ0v) is 16.9. The Morgan fingerprint density at radius 2 is 1.79 bits per heavy atom. The van der Waals surface area contributed by atoms with E-state index in [1.165, 1.54) is 22.5 Å². The summed E-state index contributed by atoms with van der Waals surface area (Å²) in [4.78, 5) is 12.3. The first-order valence-electron chi connectivity index (χ1n) is 9.44. The van der Waals surface area contributed by atoms with Crippen molar-refractivity contribution in [3.8, 4) is 0 Å². The molecule has 0 aliphatic carbocycles. The Labute approximate surface area is 165 Å². The molecule has 0 spiro atoms. The van der Waals surface area contributed by atoms with Crippen LogP contribution < -0.4 is 5.32 Å². The Kier molecular flexibility index (Phi) is 6.15. The van der Waals surface area contributed by atoms with Gasteiger partial charge in [-0.15, -0.1) is 0 Å². The van der Waals surface area contributed by atoms with Gasteiger partial charge < -0.3 is 5.32 Å². The normalized spacial score (nSPS) is 16.3. The number of sulfonamides is 1. The quantitative estimate of drug-likeness (QED) is 0.819. The predicted octanol–water partition coefficient (Wildman–Crippen LogP) is 3.99. The van der Waals surface area contributed by atoms with E-state index in [9.17, 15) is 17.6 Å². The molecule has 1 aliphatic rings. The van der Waals surface area contributed by atoms with E-state index in [0.717, 1.165) is 17.3 Å². The molecule has 150 valence electrons. The minimum Gasteiger partial charge on any atom is -0.326 e. The molecule has 1 amide bonds. The molecule has 0 bridgehead atoms. The fourth-order valence-electron chi connectivity index (χ4n) is 3.37. The lowest BCUT2D eigenvalue weighted by Crippen LogP contribution is -2.41. The highest BCUT2D eigenvalue weighted by Crippen LogP contribution is 2.26. The first-order chi connectivity index (χ1) is 13.3. The van der Waals surface area contributed by atoms with Crippen molar-refractivity contribution in [1.82, 2.24) is 4.31 Å². The maximum Gasteiger partial charge on any atom is 0.245 e. The zero-order chi connectivity index (χ0) is 20.3. The second-order valence-corrected chi connectivity index (χ2v) is 9.28. The van der Waals surface area contributed by atoms with Gasteiger partial charge in [0, 0.05) is 24.7 Å². The Balaban J connectivity index is 1.63. The molecular formula is C21H25FN2O3S. The summed E-state index contributed by atoms with van der Waals surface area (Å²) in [7, 11) is -3.89. The molecule has 0 aromatic heterocycles. The van der Waals surface area contributed by atoms with E-state index in [1.54, 1.807) is 0 Å². The third-order valence-electron chi connectivity index (χ3n) is 5.10. The average Bonchev–Trinajstić information content (AvgIpc) is 2.68. The number of hydrogen-bond donors (Lipinski definition) is 1. The summed E-state index contributed by atoms with van der Waals surface area (Å²) in [5.41, 5.74) is 1.89. The van der Waals surface area contributed by atoms with Crippen molar-refractivity contribution >= 4 is 21.6 Å². The zero-order valence-electron chi connectivity index (χ0n) is 16.1. The van der Waals surface area contributed by atoms with Crippen molar-refractivity contribution in [2.24, 2.45) is 5.92 Å². The monoisotopic (exact) mass is 404 g/mol. The maximum absolute atomic E-state index is 13.9. The van der Waals surface area contributed by atoms with Crippen molar-refractivity contribution in [1.29, 1.82) is 0 Å². The summed E-state index contributed by atoms with van der Waals surface area (Å²) in [6.45, 7) is 4.57. The molecule has 28 heavy (non-hydrogen) atoms. The number of nitrogens with one attached hydrogen (secondary N) is 1. The largest absolute Gasteiger partial charge is 0.326 e. The Hall–Kier alpha value is -2.25. The SMILES string of the molecule is CC(C)c1cccc(NC(=O)C2CCN(S(=O)(=O)c3ccccc3F)CC2)c1. The molecule has 2 aromatic rings. The fourth-order valence-corrected chi connectivity index (χ4v) is 4.91. The van der Waals surface area contributed by atoms with Gasteiger partial charge in [-0.3, -0.25) is 4.79 Å². The van der Waals surface area contributed by atoms with Crippen molar-refractivity contribution in [2.75, 3.05) is 18.4 Å². The molecule has 0 atom stereocenters. The van der Waals surface area contributed by atoms with Gasteiger partial charge in [0.15, 0.2) is 0 Å². The van der Waals surface area contributed by atoms with E-state index < -0.39 is 15.8 Å². The summed E-state index contributed by atoms with van der Waals surface area (Å²) < 4.78 is 40.5. The highest BCUT2D eigenvalue weighted by Gasteiger charge is 2.33. The lowest BCUT2D eigenvalue weighted by Gasteiger charge is -2.30. The molecule has 5 nitrogen and oxygen atoms in total. The number of benzene rings is 2. The number of amides is 1. The number of anilines is 1. The molecule has 3 rings (SSSR count). The third-order valence-corrected chi connectivity index (χ3v) is 7.03. The van der Waals surface area contributed by atoms with Crippen LogP contribution in [-0.4, -0.2) is 31.7 Å². The van der Waals surface area contributed by atoms with Gasteiger partial charge in [-0.05, 0) is 48.6 Å². The topological polar surface area (TPSA) is 66.5 Å². The van der Waals surface area contributed by atoms with Crippen molar-refractivity contribution in [3.05, 3.63) is 59.9 Å². The van der Waals surface area contributed by atoms with Crippen LogP contribution in [0.4, 0.5) is 10.1 Å². The molecule has 0 saturated carbocycles. The van der Waals surface area contributed by atoms with Crippen LogP contribution in [0.5, 0.6) is 0 Å². The first-order valence-corrected chi connectivity index (χ1v) is 10.9. The number of halogens is 1. The number of carbonyl (C=O) groups excluding carboxylic acids is 1. The van der Waals surface area contributed by atoms with Gasteiger partial charge in [0.1, 0.15) is 10.7 Å². The molecule has 1 heterocycles. The van der Waals surface area contributed by atoms with Gasteiger partial charge in [-0.1, -0.05) is 38.1 Å². The fraction of sp³-hybridized carbons (Fsp3) is 0.381. The van der Waals surface area contributed by atoms with Crippen molar-refractivity contribution < 1.29 is 17.6 Å². The van der Waals surface area contributed by atoms with Crippen LogP contribution in [0.3, 0.4) is 0 Å². The molecule has 0 unspecified atom stereocenters. The van der Waals surface area contributed by atoms with Gasteiger partial charge in [-0.25, -0.2) is 12.8 Å². The van der Waals surface area contributed by atoms with E-state index in [4.69, 9.17) is 0 Å². The van der Waals surface area contributed by atoms with E-state index in [-0.39, 0.29) is 29.8 Å². The van der Waals surface area contributed by atoms with Crippen LogP contribution in [0, 0.1) is 11.7 Å². The van der Waals surface area contributed by atoms with Gasteiger partial charge >= 0.3 is 0 Å². The van der Waals surface area contributed by atoms with Crippen LogP contribution in [0.1, 0.15) is 38.2 Å². The summed E-state index contributed by atoms with van der Waals surface area (Å²) >= 11 is 0. The van der Waals surface area contributed by atoms with E-state index in [2.05, 4.69) is 19.2 Å². The van der Waals surface area contributed by atoms with Crippen LogP contribution in [0.15, 0.2) is 53.4 Å². The molecular weight excluding hydrogens is 379 g/mol. The summed E-state index contributed by atoms with van der Waals surface area (Å²) in [6.07, 6.45) is 0.812. The van der Waals surface area contributed by atoms with Crippen molar-refractivity contribution in [2.45, 2.75) is 37.5 Å². The molecule has 1 N–H and O–H groups in total. The van der Waals surface area contributed by atoms with E-state index in [0.29, 0.717) is 18.8 Å². The molecule has 1 saturated heterocycles. The van der Waals surface area contributed by atoms with Gasteiger partial charge in [-0.2, -0.15) is 4.31 Å². The second-order valence-electron chi connectivity index (χ2n) is 7.38. The van der Waals surface area contributed by atoms with E-state index >= 15 is 0 Å². The minimum atomic E-state index is -3.89. The lowest BCUT2D eigenvalue weighted by atomic mass is 9.97. The second kappa shape index (κ2) is 8.41. The number of nitrogens with zero attached hydrogens (tertiary/aromatic N) is 1. The summed E-state index contributed by atoms with van der Waals surface area (Å²) in [6, 6.07) is 13.1. The first kappa shape index (κ1) is 20.5. The standard InChI is InChI=1S/C21H25FN2O3S/c1-15(2)17-6-5-7-18(14-17)23-21(25)16-10-12-24(13-11-16)28(26,27)20-9-4-3-8-19(20)22/h3-9,14-16H,10-13H2,1-2H3,(H,23,25). The van der Waals surface area contributed by atoms with E-state index in [1.807, 2.05) is 24.3 Å². The molecule has 2 aromatic carbocycles. The number of rotatable bonds is 5. The van der Waals surface area contributed by atoms with Gasteiger partial charge in [0.05, 0.1) is 0 Å². The lowest BCUT2D eigenvalue weighted by molar-refractivity contribution is -0.120. The number of carbonyl (C=O) groups is 1. The molecule has 0 radical (unpaired) electrons. The summed E-state index contributed by atoms with van der Waals surface area (Å²) in [5, 5.41) is 2.93. The summed E-state index contributed by atoms with van der Waals surface area (Å²) in [5.74, 6) is -0.769. The van der Waals surface area contributed by atoms with Crippen LogP contribution in [-0.2, 0) is 14.8 Å². The van der Waals surface area contributed by atoms with Crippen molar-refractivity contribution in [3.63, 3.8) is 0 Å². The van der Waals surface area contributed by atoms with Gasteiger partial charge in [0.2, 0.25) is 15.9 Å². The predicted molar refractivity (Wildman–Crippen MR) is 107 cm³/mol. The molecule has 1 fully saturated rings. The highest BCUT2D eigenvalue weighted by atomic mass is 32.2. The Morgan fingerprint density at radius 3 is 2.43 bits per heavy atom. The minimum absolute atomic E-state index is 0.108. The Bertz CT molecular complexity index is 952. The van der Waals surface area contributed by atoms with Crippen LogP contribution in [0.25, 0.3) is 0 Å². The number of piperidine rings is 1. The average molecular weight is 405 g/mol. The Morgan fingerprint density at radius 1 is 1.11 bits per heavy atom. The smallest absolute Gasteiger partial charge is 0.245 e. The van der Waals surface area contributed by atoms with Crippen LogP contribution in [0.2, 0.25) is 0 Å². The maximum atomic E-state index is 13.9. The molecule has 7 heteroatoms. The van der Waals surface area contributed by atoms with Crippen LogP contribution >= 0.6 is 0 Å². The number of hydrogen-bond acceptors (Lipinski definition) is 3. The third kappa shape index (κ3) is 4.42.